The topological polar surface area (TPSA) is 130 Å². The summed E-state index contributed by atoms with van der Waals surface area (Å²) in [4.78, 5) is 33.5. The van der Waals surface area contributed by atoms with Gasteiger partial charge in [-0.3, -0.25) is 14.8 Å². The number of carbonyl (C=O) groups excluding carboxylic acids is 1. The molecule has 5 N–H and O–H groups in total. The normalized spacial score (nSPS) is 19.0. The molecule has 8 nitrogen and oxygen atoms in total. The molecular weight excluding hydrogens is 462 g/mol. The molecule has 3 rings (SSSR count). The maximum atomic E-state index is 12.5. The molecule has 0 radical (unpaired) electrons. The highest BCUT2D eigenvalue weighted by Crippen LogP contribution is 2.14. The summed E-state index contributed by atoms with van der Waals surface area (Å²) < 4.78 is 0. The van der Waals surface area contributed by atoms with E-state index in [0.717, 1.165) is 16.4 Å². The Morgan fingerprint density at radius 2 is 1.91 bits per heavy atom. The zero-order valence-electron chi connectivity index (χ0n) is 19.6. The van der Waals surface area contributed by atoms with Crippen molar-refractivity contribution in [3.8, 4) is 0 Å². The van der Waals surface area contributed by atoms with Gasteiger partial charge in [0.05, 0.1) is 18.3 Å². The smallest absolute Gasteiger partial charge is 0.326 e. The molecule has 0 aliphatic carbocycles. The third-order valence-electron chi connectivity index (χ3n) is 5.22. The molecule has 3 atom stereocenters. The number of amidine groups is 1. The van der Waals surface area contributed by atoms with Crippen molar-refractivity contribution in [1.82, 2.24) is 15.6 Å². The van der Waals surface area contributed by atoms with Crippen LogP contribution in [0.4, 0.5) is 0 Å². The first kappa shape index (κ1) is 26.2. The number of aliphatic carboxylic acids is 1. The molecule has 1 aliphatic heterocycles. The summed E-state index contributed by atoms with van der Waals surface area (Å²) in [5.41, 5.74) is 8.31. The summed E-state index contributed by atoms with van der Waals surface area (Å²) in [5, 5.41) is 16.4. The Morgan fingerprint density at radius 3 is 2.69 bits per heavy atom. The fourth-order valence-electron chi connectivity index (χ4n) is 3.40. The van der Waals surface area contributed by atoms with Crippen molar-refractivity contribution < 1.29 is 14.7 Å². The number of carboxylic acid groups (broad SMARTS) is 1. The number of carbonyl (C=O) groups is 2. The lowest BCUT2D eigenvalue weighted by atomic mass is 10.0. The summed E-state index contributed by atoms with van der Waals surface area (Å²) in [6, 6.07) is 13.0. The first-order chi connectivity index (χ1) is 16.9. The van der Waals surface area contributed by atoms with Crippen LogP contribution in [0.15, 0.2) is 77.8 Å². The molecule has 2 aromatic rings. The van der Waals surface area contributed by atoms with Gasteiger partial charge in [-0.15, -0.1) is 0 Å². The van der Waals surface area contributed by atoms with Gasteiger partial charge in [-0.25, -0.2) is 4.79 Å². The Morgan fingerprint density at radius 1 is 1.14 bits per heavy atom. The monoisotopic (exact) mass is 493 g/mol. The molecule has 0 saturated heterocycles. The van der Waals surface area contributed by atoms with Crippen LogP contribution >= 0.6 is 11.8 Å². The molecule has 1 aliphatic rings. The van der Waals surface area contributed by atoms with Crippen LogP contribution < -0.4 is 16.4 Å². The maximum absolute atomic E-state index is 12.5. The number of thioether (sulfide) groups is 1. The van der Waals surface area contributed by atoms with Gasteiger partial charge in [-0.1, -0.05) is 72.5 Å². The number of rotatable bonds is 9. The van der Waals surface area contributed by atoms with Crippen molar-refractivity contribution in [3.63, 3.8) is 0 Å². The minimum atomic E-state index is -1.13. The molecule has 35 heavy (non-hydrogen) atoms. The van der Waals surface area contributed by atoms with Gasteiger partial charge in [-0.05, 0) is 31.0 Å². The fourth-order valence-corrected chi connectivity index (χ4v) is 4.28. The van der Waals surface area contributed by atoms with Crippen LogP contribution in [0, 0.1) is 0 Å². The van der Waals surface area contributed by atoms with Crippen molar-refractivity contribution in [2.24, 2.45) is 10.7 Å². The van der Waals surface area contributed by atoms with Crippen LogP contribution in [0.1, 0.15) is 23.9 Å². The number of hydrogen-bond donors (Lipinski definition) is 4. The number of hydrogen-bond acceptors (Lipinski definition) is 7. The average Bonchev–Trinajstić information content (AvgIpc) is 2.94. The number of aromatic nitrogens is 1. The standard InChI is InChI=1S/C26H31N5O3S/c1-18-9-4-3-7-14-28-26(29-18)35-17-21-13-8-12-20(30-21)16-23(25(33)34)31-24(32)22(27)15-19-10-5-2-6-11-19/h2-13,18,22-23H,14-17,27H2,1H3,(H,28,29)(H,31,32)(H,33,34)/b7-3-,9-4-. The SMILES string of the molecule is CC1/C=C\C=C/CN=C(SCc2cccc(CC(NC(=O)C(N)Cc3ccccc3)C(=O)O)n2)N1. The van der Waals surface area contributed by atoms with Crippen LogP contribution in [0.25, 0.3) is 0 Å². The van der Waals surface area contributed by atoms with E-state index in [2.05, 4.69) is 33.6 Å². The number of allylic oxidation sites excluding steroid dienone is 2. The average molecular weight is 494 g/mol. The lowest BCUT2D eigenvalue weighted by molar-refractivity contribution is -0.142. The van der Waals surface area contributed by atoms with Crippen LogP contribution in [0.5, 0.6) is 0 Å². The summed E-state index contributed by atoms with van der Waals surface area (Å²) in [6.45, 7) is 2.64. The summed E-state index contributed by atoms with van der Waals surface area (Å²) in [7, 11) is 0. The Hall–Kier alpha value is -3.43. The van der Waals surface area contributed by atoms with Crippen LogP contribution in [-0.4, -0.2) is 51.8 Å². The third kappa shape index (κ3) is 9.03. The second-order valence-electron chi connectivity index (χ2n) is 8.20. The number of carboxylic acids is 1. The highest BCUT2D eigenvalue weighted by atomic mass is 32.2. The highest BCUT2D eigenvalue weighted by Gasteiger charge is 2.24. The van der Waals surface area contributed by atoms with Gasteiger partial charge in [0, 0.05) is 23.9 Å². The van der Waals surface area contributed by atoms with E-state index in [9.17, 15) is 14.7 Å². The number of benzene rings is 1. The van der Waals surface area contributed by atoms with E-state index in [-0.39, 0.29) is 12.5 Å². The molecular formula is C26H31N5O3S. The second kappa shape index (κ2) is 13.5. The predicted molar refractivity (Wildman–Crippen MR) is 140 cm³/mol. The summed E-state index contributed by atoms with van der Waals surface area (Å²) in [5.74, 6) is -1.06. The van der Waals surface area contributed by atoms with Gasteiger partial charge >= 0.3 is 5.97 Å². The number of nitrogens with one attached hydrogen (secondary N) is 2. The third-order valence-corrected chi connectivity index (χ3v) is 6.18. The molecule has 0 spiro atoms. The minimum Gasteiger partial charge on any atom is -0.480 e. The Bertz CT molecular complexity index is 1090. The second-order valence-corrected chi connectivity index (χ2v) is 9.16. The van der Waals surface area contributed by atoms with E-state index >= 15 is 0 Å². The number of amides is 1. The van der Waals surface area contributed by atoms with E-state index in [1.807, 2.05) is 60.7 Å². The lowest BCUT2D eigenvalue weighted by Crippen LogP contribution is -2.50. The van der Waals surface area contributed by atoms with E-state index in [1.54, 1.807) is 17.8 Å². The van der Waals surface area contributed by atoms with Gasteiger partial charge in [0.2, 0.25) is 5.91 Å². The maximum Gasteiger partial charge on any atom is 0.326 e. The van der Waals surface area contributed by atoms with Crippen molar-refractivity contribution in [2.75, 3.05) is 6.54 Å². The van der Waals surface area contributed by atoms with Gasteiger partial charge in [0.25, 0.3) is 0 Å². The zero-order chi connectivity index (χ0) is 25.0. The fraction of sp³-hybridized carbons (Fsp3) is 0.308. The van der Waals surface area contributed by atoms with Gasteiger partial charge < -0.3 is 21.5 Å². The van der Waals surface area contributed by atoms with Crippen LogP contribution in [0.3, 0.4) is 0 Å². The van der Waals surface area contributed by atoms with E-state index in [4.69, 9.17) is 5.73 Å². The Kier molecular flexibility index (Phi) is 10.1. The van der Waals surface area contributed by atoms with Gasteiger partial charge in [0.15, 0.2) is 5.17 Å². The first-order valence-electron chi connectivity index (χ1n) is 11.5. The Balaban J connectivity index is 1.58. The van der Waals surface area contributed by atoms with Crippen molar-refractivity contribution in [3.05, 3.63) is 89.8 Å². The highest BCUT2D eigenvalue weighted by molar-refractivity contribution is 8.13. The van der Waals surface area contributed by atoms with Crippen LogP contribution in [-0.2, 0) is 28.2 Å². The predicted octanol–water partition coefficient (Wildman–Crippen LogP) is 2.46. The van der Waals surface area contributed by atoms with Gasteiger partial charge in [0.1, 0.15) is 6.04 Å². The van der Waals surface area contributed by atoms with E-state index < -0.39 is 24.0 Å². The summed E-state index contributed by atoms with van der Waals surface area (Å²) >= 11 is 1.54. The quantitative estimate of drug-likeness (QED) is 0.422. The molecule has 9 heteroatoms. The van der Waals surface area contributed by atoms with Crippen molar-refractivity contribution in [1.29, 1.82) is 0 Å². The molecule has 0 bridgehead atoms. The summed E-state index contributed by atoms with van der Waals surface area (Å²) in [6.07, 6.45) is 8.41. The van der Waals surface area contributed by atoms with Gasteiger partial charge in [-0.2, -0.15) is 0 Å². The van der Waals surface area contributed by atoms with Crippen LogP contribution in [0.2, 0.25) is 0 Å². The molecule has 0 fully saturated rings. The molecule has 1 amide bonds. The van der Waals surface area contributed by atoms with Crippen molar-refractivity contribution >= 4 is 28.8 Å². The number of pyridine rings is 1. The number of nitrogens with two attached hydrogens (primary N) is 1. The van der Waals surface area contributed by atoms with E-state index in [0.29, 0.717) is 24.4 Å². The Labute approximate surface area is 209 Å². The zero-order valence-corrected chi connectivity index (χ0v) is 20.4. The minimum absolute atomic E-state index is 0.0590. The van der Waals surface area contributed by atoms with Crippen molar-refractivity contribution in [2.45, 2.75) is 43.6 Å². The number of aliphatic imine (C=N–C) groups is 1. The molecule has 184 valence electrons. The molecule has 2 heterocycles. The largest absolute Gasteiger partial charge is 0.480 e. The first-order valence-corrected chi connectivity index (χ1v) is 12.4. The molecule has 0 saturated carbocycles. The van der Waals surface area contributed by atoms with E-state index in [1.165, 1.54) is 0 Å². The molecule has 1 aromatic heterocycles. The lowest BCUT2D eigenvalue weighted by Gasteiger charge is -2.18. The molecule has 1 aromatic carbocycles. The number of nitrogens with zero attached hydrogens (tertiary/aromatic N) is 2. The molecule has 3 unspecified atom stereocenters.